The maximum absolute atomic E-state index is 12.7. The van der Waals surface area contributed by atoms with Gasteiger partial charge >= 0.3 is 0 Å². The first-order valence-corrected chi connectivity index (χ1v) is 10.2. The van der Waals surface area contributed by atoms with Crippen LogP contribution in [0.5, 0.6) is 0 Å². The van der Waals surface area contributed by atoms with Crippen molar-refractivity contribution in [2.45, 2.75) is 20.4 Å². The molecule has 0 saturated carbocycles. The van der Waals surface area contributed by atoms with Gasteiger partial charge in [-0.15, -0.1) is 0 Å². The molecule has 160 valence electrons. The Hall–Kier alpha value is -3.52. The highest BCUT2D eigenvalue weighted by Gasteiger charge is 2.26. The summed E-state index contributed by atoms with van der Waals surface area (Å²) in [5.74, 6) is 0.605. The van der Waals surface area contributed by atoms with Gasteiger partial charge < -0.3 is 9.42 Å². The van der Waals surface area contributed by atoms with Crippen LogP contribution in [0.3, 0.4) is 0 Å². The normalized spacial score (nSPS) is 14.6. The Morgan fingerprint density at radius 2 is 1.77 bits per heavy atom. The Morgan fingerprint density at radius 1 is 1.06 bits per heavy atom. The second-order valence-corrected chi connectivity index (χ2v) is 7.72. The maximum Gasteiger partial charge on any atom is 0.293 e. The number of rotatable bonds is 6. The molecule has 1 aliphatic rings. The van der Waals surface area contributed by atoms with Gasteiger partial charge in [-0.05, 0) is 26.0 Å². The predicted molar refractivity (Wildman–Crippen MR) is 116 cm³/mol. The zero-order valence-electron chi connectivity index (χ0n) is 17.6. The molecular formula is C23H24N4O4. The fraction of sp³-hybridized carbons (Fsp3) is 0.304. The van der Waals surface area contributed by atoms with Gasteiger partial charge in [-0.25, -0.2) is 0 Å². The summed E-state index contributed by atoms with van der Waals surface area (Å²) in [4.78, 5) is 28.4. The second kappa shape index (κ2) is 8.69. The third kappa shape index (κ3) is 4.34. The van der Waals surface area contributed by atoms with Crippen molar-refractivity contribution in [2.24, 2.45) is 0 Å². The van der Waals surface area contributed by atoms with Crippen LogP contribution in [0.1, 0.15) is 32.9 Å². The molecule has 1 saturated heterocycles. The van der Waals surface area contributed by atoms with E-state index in [2.05, 4.69) is 10.1 Å². The number of aryl methyl sites for hydroxylation is 2. The lowest BCUT2D eigenvalue weighted by Gasteiger charge is -2.35. The molecule has 3 aromatic rings. The molecule has 8 nitrogen and oxygen atoms in total. The molecule has 0 radical (unpaired) electrons. The topological polar surface area (TPSA) is 92.7 Å². The van der Waals surface area contributed by atoms with Crippen molar-refractivity contribution in [1.82, 2.24) is 10.1 Å². The van der Waals surface area contributed by atoms with Gasteiger partial charge in [0.2, 0.25) is 0 Å². The number of carbonyl (C=O) groups is 1. The molecule has 0 unspecified atom stereocenters. The zero-order chi connectivity index (χ0) is 22.0. The summed E-state index contributed by atoms with van der Waals surface area (Å²) in [6.07, 6.45) is 0. The zero-order valence-corrected chi connectivity index (χ0v) is 17.6. The van der Waals surface area contributed by atoms with E-state index in [4.69, 9.17) is 4.52 Å². The highest BCUT2D eigenvalue weighted by molar-refractivity contribution is 6.09. The minimum Gasteiger partial charge on any atom is -0.363 e. The summed E-state index contributed by atoms with van der Waals surface area (Å²) in [5, 5.41) is 15.8. The number of ketones is 1. The summed E-state index contributed by atoms with van der Waals surface area (Å²) in [5.41, 5.74) is 3.33. The summed E-state index contributed by atoms with van der Waals surface area (Å²) in [7, 11) is 0. The molecule has 0 atom stereocenters. The van der Waals surface area contributed by atoms with Gasteiger partial charge in [-0.1, -0.05) is 35.5 Å². The van der Waals surface area contributed by atoms with Gasteiger partial charge in [-0.3, -0.25) is 19.8 Å². The van der Waals surface area contributed by atoms with Crippen molar-refractivity contribution < 1.29 is 14.2 Å². The summed E-state index contributed by atoms with van der Waals surface area (Å²) >= 11 is 0. The minimum atomic E-state index is -0.409. The second-order valence-electron chi connectivity index (χ2n) is 7.72. The fourth-order valence-corrected chi connectivity index (χ4v) is 3.93. The van der Waals surface area contributed by atoms with E-state index in [0.29, 0.717) is 29.9 Å². The van der Waals surface area contributed by atoms with E-state index in [-0.39, 0.29) is 11.5 Å². The largest absolute Gasteiger partial charge is 0.363 e. The molecule has 1 aromatic heterocycles. The molecular weight excluding hydrogens is 396 g/mol. The molecule has 1 aliphatic heterocycles. The molecule has 2 heterocycles. The summed E-state index contributed by atoms with van der Waals surface area (Å²) in [6, 6.07) is 13.6. The Morgan fingerprint density at radius 3 is 2.39 bits per heavy atom. The Bertz CT molecular complexity index is 1080. The minimum absolute atomic E-state index is 0.0408. The van der Waals surface area contributed by atoms with Crippen LogP contribution in [0.4, 0.5) is 11.4 Å². The smallest absolute Gasteiger partial charge is 0.293 e. The number of hydrogen-bond donors (Lipinski definition) is 0. The molecule has 1 fully saturated rings. The van der Waals surface area contributed by atoms with Crippen molar-refractivity contribution in [3.05, 3.63) is 86.8 Å². The average molecular weight is 420 g/mol. The number of piperazine rings is 1. The maximum atomic E-state index is 12.7. The number of hydrogen-bond acceptors (Lipinski definition) is 7. The highest BCUT2D eigenvalue weighted by Crippen LogP contribution is 2.31. The van der Waals surface area contributed by atoms with Crippen molar-refractivity contribution in [2.75, 3.05) is 31.1 Å². The summed E-state index contributed by atoms with van der Waals surface area (Å²) < 4.78 is 5.24. The van der Waals surface area contributed by atoms with Crippen LogP contribution in [0.2, 0.25) is 0 Å². The Labute approximate surface area is 180 Å². The molecule has 31 heavy (non-hydrogen) atoms. The first kappa shape index (κ1) is 20.7. The number of benzene rings is 2. The van der Waals surface area contributed by atoms with E-state index in [1.54, 1.807) is 36.4 Å². The molecule has 4 rings (SSSR count). The van der Waals surface area contributed by atoms with Crippen LogP contribution in [0.15, 0.2) is 53.1 Å². The van der Waals surface area contributed by atoms with Crippen LogP contribution in [0.25, 0.3) is 0 Å². The molecule has 8 heteroatoms. The SMILES string of the molecule is Cc1noc(C)c1CN1CCN(c2ccc(C(=O)c3ccccc3)cc2[N+](=O)[O-])CC1. The van der Waals surface area contributed by atoms with Crippen molar-refractivity contribution in [3.63, 3.8) is 0 Å². The fourth-order valence-electron chi connectivity index (χ4n) is 3.93. The third-order valence-electron chi connectivity index (χ3n) is 5.75. The summed E-state index contributed by atoms with van der Waals surface area (Å²) in [6.45, 7) is 7.46. The van der Waals surface area contributed by atoms with Crippen molar-refractivity contribution in [3.8, 4) is 0 Å². The van der Waals surface area contributed by atoms with E-state index in [9.17, 15) is 14.9 Å². The molecule has 0 spiro atoms. The number of anilines is 1. The van der Waals surface area contributed by atoms with Crippen LogP contribution in [-0.2, 0) is 6.54 Å². The van der Waals surface area contributed by atoms with Gasteiger partial charge in [-0.2, -0.15) is 0 Å². The van der Waals surface area contributed by atoms with Crippen LogP contribution >= 0.6 is 0 Å². The van der Waals surface area contributed by atoms with E-state index in [1.165, 1.54) is 6.07 Å². The Kier molecular flexibility index (Phi) is 5.81. The Balaban J connectivity index is 1.49. The molecule has 0 N–H and O–H groups in total. The number of aromatic nitrogens is 1. The molecule has 2 aromatic carbocycles. The molecule has 0 amide bonds. The van der Waals surface area contributed by atoms with Crippen molar-refractivity contribution >= 4 is 17.2 Å². The number of nitro groups is 1. The lowest BCUT2D eigenvalue weighted by molar-refractivity contribution is -0.384. The van der Waals surface area contributed by atoms with Gasteiger partial charge in [0.1, 0.15) is 11.4 Å². The molecule has 0 bridgehead atoms. The first-order valence-electron chi connectivity index (χ1n) is 10.2. The number of carbonyl (C=O) groups excluding carboxylic acids is 1. The molecule has 0 aliphatic carbocycles. The number of nitro benzene ring substituents is 1. The monoisotopic (exact) mass is 420 g/mol. The first-order chi connectivity index (χ1) is 14.9. The lowest BCUT2D eigenvalue weighted by Crippen LogP contribution is -2.46. The van der Waals surface area contributed by atoms with Gasteiger partial charge in [0.15, 0.2) is 5.78 Å². The van der Waals surface area contributed by atoms with E-state index >= 15 is 0 Å². The van der Waals surface area contributed by atoms with E-state index < -0.39 is 4.92 Å². The van der Waals surface area contributed by atoms with Crippen LogP contribution in [-0.4, -0.2) is 46.9 Å². The number of nitrogens with zero attached hydrogens (tertiary/aromatic N) is 4. The van der Waals surface area contributed by atoms with Crippen molar-refractivity contribution in [1.29, 1.82) is 0 Å². The van der Waals surface area contributed by atoms with Gasteiger partial charge in [0.05, 0.1) is 10.6 Å². The predicted octanol–water partition coefficient (Wildman–Crippen LogP) is 3.75. The average Bonchev–Trinajstić information content (AvgIpc) is 3.11. The van der Waals surface area contributed by atoms with Crippen LogP contribution in [0, 0.1) is 24.0 Å². The third-order valence-corrected chi connectivity index (χ3v) is 5.75. The van der Waals surface area contributed by atoms with E-state index in [0.717, 1.165) is 36.7 Å². The lowest BCUT2D eigenvalue weighted by atomic mass is 10.0. The van der Waals surface area contributed by atoms with E-state index in [1.807, 2.05) is 24.8 Å². The van der Waals surface area contributed by atoms with Gasteiger partial charge in [0, 0.05) is 55.5 Å². The van der Waals surface area contributed by atoms with Crippen LogP contribution < -0.4 is 4.90 Å². The standard InChI is InChI=1S/C23H24N4O4/c1-16-20(17(2)31-24-16)15-25-10-12-26(13-11-25)21-9-8-19(14-22(21)27(29)30)23(28)18-6-4-3-5-7-18/h3-9,14H,10-13,15H2,1-2H3. The quantitative estimate of drug-likeness (QED) is 0.341. The van der Waals surface area contributed by atoms with Gasteiger partial charge in [0.25, 0.3) is 5.69 Å². The highest BCUT2D eigenvalue weighted by atomic mass is 16.6.